The molecule has 0 bridgehead atoms. The average Bonchev–Trinajstić information content (AvgIpc) is 3.16. The molecule has 0 saturated carbocycles. The lowest BCUT2D eigenvalue weighted by atomic mass is 10.0. The van der Waals surface area contributed by atoms with Crippen molar-refractivity contribution >= 4 is 28.9 Å². The van der Waals surface area contributed by atoms with Gasteiger partial charge >= 0.3 is 0 Å². The topological polar surface area (TPSA) is 36.7 Å². The van der Waals surface area contributed by atoms with Crippen molar-refractivity contribution in [3.8, 4) is 11.3 Å². The Bertz CT molecular complexity index is 1210. The van der Waals surface area contributed by atoms with Gasteiger partial charge in [-0.2, -0.15) is 0 Å². The normalized spacial score (nSPS) is 14.4. The van der Waals surface area contributed by atoms with Crippen molar-refractivity contribution in [3.05, 3.63) is 72.2 Å². The largest absolute Gasteiger partial charge is 0.368 e. The van der Waals surface area contributed by atoms with E-state index in [0.29, 0.717) is 0 Å². The van der Waals surface area contributed by atoms with Gasteiger partial charge < -0.3 is 14.2 Å². The van der Waals surface area contributed by atoms with Crippen molar-refractivity contribution in [1.82, 2.24) is 14.4 Å². The molecule has 0 N–H and O–H groups in total. The highest BCUT2D eigenvalue weighted by atomic mass is 32.2. The number of benzene rings is 1. The maximum atomic E-state index is 4.92. The second-order valence-electron chi connectivity index (χ2n) is 8.00. The number of hydrogen-bond acceptors (Lipinski definition) is 5. The zero-order valence-corrected chi connectivity index (χ0v) is 19.1. The summed E-state index contributed by atoms with van der Waals surface area (Å²) in [6.45, 7) is 8.24. The van der Waals surface area contributed by atoms with Crippen LogP contribution in [0.3, 0.4) is 0 Å². The smallest absolute Gasteiger partial charge is 0.137 e. The van der Waals surface area contributed by atoms with Gasteiger partial charge in [0, 0.05) is 60.4 Å². The van der Waals surface area contributed by atoms with Crippen LogP contribution in [0.15, 0.2) is 65.8 Å². The van der Waals surface area contributed by atoms with E-state index >= 15 is 0 Å². The Labute approximate surface area is 187 Å². The highest BCUT2D eigenvalue weighted by Gasteiger charge is 2.20. The maximum Gasteiger partial charge on any atom is 0.137 e. The second-order valence-corrected chi connectivity index (χ2v) is 8.88. The molecule has 1 fully saturated rings. The van der Waals surface area contributed by atoms with E-state index in [1.165, 1.54) is 27.4 Å². The Morgan fingerprint density at radius 1 is 0.903 bits per heavy atom. The van der Waals surface area contributed by atoms with Gasteiger partial charge in [0.1, 0.15) is 11.5 Å². The van der Waals surface area contributed by atoms with Gasteiger partial charge in [-0.15, -0.1) is 11.8 Å². The number of anilines is 2. The van der Waals surface area contributed by atoms with E-state index < -0.39 is 0 Å². The van der Waals surface area contributed by atoms with E-state index in [2.05, 4.69) is 87.9 Å². The maximum absolute atomic E-state index is 4.92. The number of pyridine rings is 2. The van der Waals surface area contributed by atoms with Crippen LogP contribution < -0.4 is 9.80 Å². The van der Waals surface area contributed by atoms with Gasteiger partial charge in [0.25, 0.3) is 0 Å². The van der Waals surface area contributed by atoms with Crippen molar-refractivity contribution in [3.63, 3.8) is 0 Å². The first kappa shape index (κ1) is 19.9. The number of rotatable bonds is 4. The lowest BCUT2D eigenvalue weighted by Gasteiger charge is -2.37. The first-order valence-electron chi connectivity index (χ1n) is 10.7. The average molecular weight is 430 g/mol. The molecule has 5 nitrogen and oxygen atoms in total. The van der Waals surface area contributed by atoms with Crippen molar-refractivity contribution in [2.24, 2.45) is 0 Å². The predicted octanol–water partition coefficient (Wildman–Crippen LogP) is 5.06. The Balaban J connectivity index is 1.37. The summed E-state index contributed by atoms with van der Waals surface area (Å²) in [5.41, 5.74) is 6.99. The summed E-state index contributed by atoms with van der Waals surface area (Å²) in [6, 6.07) is 17.2. The van der Waals surface area contributed by atoms with Crippen LogP contribution >= 0.6 is 11.8 Å². The number of imidazole rings is 1. The molecule has 158 valence electrons. The number of nitrogens with zero attached hydrogens (tertiary/aromatic N) is 5. The molecule has 6 heteroatoms. The molecule has 0 aliphatic carbocycles. The molecule has 0 spiro atoms. The Morgan fingerprint density at radius 3 is 2.42 bits per heavy atom. The van der Waals surface area contributed by atoms with Gasteiger partial charge in [0.05, 0.1) is 5.69 Å². The highest BCUT2D eigenvalue weighted by Crippen LogP contribution is 2.31. The zero-order valence-electron chi connectivity index (χ0n) is 18.2. The molecule has 1 aliphatic heterocycles. The van der Waals surface area contributed by atoms with E-state index in [0.717, 1.165) is 43.3 Å². The lowest BCUT2D eigenvalue weighted by Crippen LogP contribution is -2.46. The van der Waals surface area contributed by atoms with Gasteiger partial charge in [0.2, 0.25) is 0 Å². The Kier molecular flexibility index (Phi) is 5.32. The fourth-order valence-electron chi connectivity index (χ4n) is 4.31. The molecular weight excluding hydrogens is 402 g/mol. The summed E-state index contributed by atoms with van der Waals surface area (Å²) in [7, 11) is 0. The molecule has 0 radical (unpaired) electrons. The molecule has 1 saturated heterocycles. The van der Waals surface area contributed by atoms with Crippen molar-refractivity contribution < 1.29 is 0 Å². The number of thioether (sulfide) groups is 1. The molecule has 3 aromatic heterocycles. The quantitative estimate of drug-likeness (QED) is 0.424. The molecule has 0 unspecified atom stereocenters. The molecule has 1 aliphatic rings. The Morgan fingerprint density at radius 2 is 1.71 bits per heavy atom. The van der Waals surface area contributed by atoms with Crippen LogP contribution in [0.25, 0.3) is 16.9 Å². The first-order chi connectivity index (χ1) is 15.1. The zero-order chi connectivity index (χ0) is 21.4. The van der Waals surface area contributed by atoms with Crippen LogP contribution in [0.1, 0.15) is 11.3 Å². The molecule has 31 heavy (non-hydrogen) atoms. The third-order valence-electron chi connectivity index (χ3n) is 6.17. The molecule has 0 atom stereocenters. The third kappa shape index (κ3) is 3.76. The number of aryl methyl sites for hydroxylation is 2. The standard InChI is InChI=1S/C25H27N5S/c1-18-7-8-20(16-22(18)25-19(2)30-11-5-4-6-24(30)27-25)28-12-14-29(15-13-28)23-10-9-21(31-3)17-26-23/h4-11,16-17H,12-15H2,1-3H3. The molecule has 4 aromatic rings. The van der Waals surface area contributed by atoms with Crippen molar-refractivity contribution in [1.29, 1.82) is 0 Å². The molecular formula is C25H27N5S. The number of aromatic nitrogens is 3. The Hall–Kier alpha value is -2.99. The van der Waals surface area contributed by atoms with Gasteiger partial charge in [-0.3, -0.25) is 0 Å². The lowest BCUT2D eigenvalue weighted by molar-refractivity contribution is 0.647. The van der Waals surface area contributed by atoms with E-state index in [9.17, 15) is 0 Å². The van der Waals surface area contributed by atoms with Crippen LogP contribution in [-0.2, 0) is 0 Å². The monoisotopic (exact) mass is 429 g/mol. The van der Waals surface area contributed by atoms with Crippen LogP contribution in [0.5, 0.6) is 0 Å². The van der Waals surface area contributed by atoms with Crippen LogP contribution in [0.4, 0.5) is 11.5 Å². The summed E-state index contributed by atoms with van der Waals surface area (Å²) in [6.07, 6.45) is 6.13. The minimum Gasteiger partial charge on any atom is -0.368 e. The molecule has 0 amide bonds. The van der Waals surface area contributed by atoms with Gasteiger partial charge in [-0.25, -0.2) is 9.97 Å². The number of piperazine rings is 1. The van der Waals surface area contributed by atoms with Crippen molar-refractivity contribution in [2.75, 3.05) is 42.2 Å². The van der Waals surface area contributed by atoms with Gasteiger partial charge in [-0.1, -0.05) is 12.1 Å². The highest BCUT2D eigenvalue weighted by molar-refractivity contribution is 7.98. The van der Waals surface area contributed by atoms with E-state index in [4.69, 9.17) is 4.98 Å². The van der Waals surface area contributed by atoms with Crippen LogP contribution in [-0.4, -0.2) is 46.8 Å². The third-order valence-corrected chi connectivity index (χ3v) is 6.88. The van der Waals surface area contributed by atoms with Crippen molar-refractivity contribution in [2.45, 2.75) is 18.7 Å². The first-order valence-corrected chi connectivity index (χ1v) is 11.9. The minimum absolute atomic E-state index is 0.974. The summed E-state index contributed by atoms with van der Waals surface area (Å²) in [5, 5.41) is 0. The second kappa shape index (κ2) is 8.27. The fraction of sp³-hybridized carbons (Fsp3) is 0.280. The van der Waals surface area contributed by atoms with Gasteiger partial charge in [-0.05, 0) is 62.1 Å². The number of fused-ring (bicyclic) bond motifs is 1. The molecule has 1 aromatic carbocycles. The van der Waals surface area contributed by atoms with Crippen LogP contribution in [0.2, 0.25) is 0 Å². The predicted molar refractivity (Wildman–Crippen MR) is 131 cm³/mol. The minimum atomic E-state index is 0.974. The molecule has 4 heterocycles. The van der Waals surface area contributed by atoms with E-state index in [1.807, 2.05) is 12.3 Å². The summed E-state index contributed by atoms with van der Waals surface area (Å²) in [5.74, 6) is 1.07. The van der Waals surface area contributed by atoms with Gasteiger partial charge in [0.15, 0.2) is 0 Å². The summed E-state index contributed by atoms with van der Waals surface area (Å²) in [4.78, 5) is 15.6. The summed E-state index contributed by atoms with van der Waals surface area (Å²) < 4.78 is 2.16. The summed E-state index contributed by atoms with van der Waals surface area (Å²) >= 11 is 1.73. The van der Waals surface area contributed by atoms with E-state index in [-0.39, 0.29) is 0 Å². The SMILES string of the molecule is CSc1ccc(N2CCN(c3ccc(C)c(-c4nc5ccccn5c4C)c3)CC2)nc1. The number of hydrogen-bond donors (Lipinski definition) is 0. The fourth-order valence-corrected chi connectivity index (χ4v) is 4.67. The van der Waals surface area contributed by atoms with E-state index in [1.54, 1.807) is 11.8 Å². The van der Waals surface area contributed by atoms with Crippen LogP contribution in [0, 0.1) is 13.8 Å². The molecule has 5 rings (SSSR count).